The summed E-state index contributed by atoms with van der Waals surface area (Å²) < 4.78 is 0. The Morgan fingerprint density at radius 1 is 0.762 bits per heavy atom. The first-order valence-corrected chi connectivity index (χ1v) is 15.2. The number of amides is 2. The van der Waals surface area contributed by atoms with E-state index in [0.717, 1.165) is 32.7 Å². The molecule has 1 heterocycles. The number of thiazole rings is 1. The summed E-state index contributed by atoms with van der Waals surface area (Å²) in [6.45, 7) is 1.91. The molecule has 2 amide bonds. The summed E-state index contributed by atoms with van der Waals surface area (Å²) in [4.78, 5) is 32.2. The molecular formula is C35H27N3O2S2. The molecule has 0 spiro atoms. The summed E-state index contributed by atoms with van der Waals surface area (Å²) in [6.07, 6.45) is 0. The van der Waals surface area contributed by atoms with Crippen LogP contribution in [0.25, 0.3) is 22.0 Å². The fraction of sp³-hybridized carbons (Fsp3) is 0.0571. The number of benzene rings is 5. The molecule has 5 aromatic carbocycles. The maximum atomic E-state index is 13.7. The van der Waals surface area contributed by atoms with Gasteiger partial charge in [0.05, 0.1) is 5.69 Å². The normalized spacial score (nSPS) is 11.6. The predicted molar refractivity (Wildman–Crippen MR) is 174 cm³/mol. The highest BCUT2D eigenvalue weighted by atomic mass is 32.2. The van der Waals surface area contributed by atoms with E-state index >= 15 is 0 Å². The van der Waals surface area contributed by atoms with E-state index in [1.54, 1.807) is 0 Å². The number of hydrogen-bond acceptors (Lipinski definition) is 5. The summed E-state index contributed by atoms with van der Waals surface area (Å²) in [6, 6.07) is 39.2. The molecule has 206 valence electrons. The van der Waals surface area contributed by atoms with E-state index in [1.807, 2.05) is 103 Å². The van der Waals surface area contributed by atoms with Crippen molar-refractivity contribution in [2.75, 3.05) is 10.6 Å². The van der Waals surface area contributed by atoms with Crippen molar-refractivity contribution >= 4 is 56.5 Å². The zero-order valence-electron chi connectivity index (χ0n) is 22.8. The van der Waals surface area contributed by atoms with Crippen molar-refractivity contribution in [1.82, 2.24) is 4.98 Å². The molecule has 1 unspecified atom stereocenters. The van der Waals surface area contributed by atoms with Gasteiger partial charge in [-0.15, -0.1) is 23.1 Å². The largest absolute Gasteiger partial charge is 0.322 e. The smallest absolute Gasteiger partial charge is 0.255 e. The van der Waals surface area contributed by atoms with Crippen molar-refractivity contribution in [2.45, 2.75) is 17.1 Å². The van der Waals surface area contributed by atoms with E-state index < -0.39 is 5.25 Å². The Bertz CT molecular complexity index is 1880. The Balaban J connectivity index is 1.20. The lowest BCUT2D eigenvalue weighted by molar-refractivity contribution is -0.115. The number of aromatic nitrogens is 1. The van der Waals surface area contributed by atoms with Gasteiger partial charge in [-0.1, -0.05) is 91.0 Å². The number of carbonyl (C=O) groups excluding carboxylic acids is 2. The van der Waals surface area contributed by atoms with Crippen LogP contribution in [0.4, 0.5) is 10.8 Å². The van der Waals surface area contributed by atoms with E-state index in [1.165, 1.54) is 28.5 Å². The Hall–Kier alpha value is -4.72. The third-order valence-corrected chi connectivity index (χ3v) is 8.86. The van der Waals surface area contributed by atoms with Crippen LogP contribution < -0.4 is 10.6 Å². The van der Waals surface area contributed by atoms with Gasteiger partial charge in [0, 0.05) is 27.1 Å². The zero-order chi connectivity index (χ0) is 28.9. The molecule has 5 nitrogen and oxygen atoms in total. The van der Waals surface area contributed by atoms with Crippen LogP contribution in [-0.2, 0) is 4.79 Å². The van der Waals surface area contributed by atoms with E-state index in [0.29, 0.717) is 16.4 Å². The van der Waals surface area contributed by atoms with Gasteiger partial charge in [0.2, 0.25) is 5.91 Å². The molecule has 0 aliphatic rings. The average Bonchev–Trinajstić information content (AvgIpc) is 3.49. The van der Waals surface area contributed by atoms with E-state index in [2.05, 4.69) is 41.0 Å². The lowest BCUT2D eigenvalue weighted by Crippen LogP contribution is -2.19. The van der Waals surface area contributed by atoms with Crippen molar-refractivity contribution in [3.05, 3.63) is 143 Å². The Labute approximate surface area is 252 Å². The number of anilines is 2. The minimum Gasteiger partial charge on any atom is -0.322 e. The van der Waals surface area contributed by atoms with Crippen molar-refractivity contribution in [2.24, 2.45) is 0 Å². The standard InChI is InChI=1S/C35H27N3O2S2/c1-23-10-5-8-17-30(23)33(39)36-28-15-9-16-29(21-28)42-32(25-12-3-2-4-13-25)34(40)38-35-37-31(22-41-35)27-19-18-24-11-6-7-14-26(24)20-27/h2-22,32H,1H3,(H,36,39)(H,37,38,40). The molecule has 7 heteroatoms. The lowest BCUT2D eigenvalue weighted by Gasteiger charge is -2.17. The second-order valence-electron chi connectivity index (χ2n) is 9.79. The number of thioether (sulfide) groups is 1. The number of rotatable bonds is 8. The molecule has 0 bridgehead atoms. The minimum atomic E-state index is -0.526. The van der Waals surface area contributed by atoms with E-state index in [4.69, 9.17) is 4.98 Å². The first kappa shape index (κ1) is 27.4. The van der Waals surface area contributed by atoms with Crippen molar-refractivity contribution in [1.29, 1.82) is 0 Å². The summed E-state index contributed by atoms with van der Waals surface area (Å²) in [5, 5.41) is 10.3. The molecule has 0 aliphatic carbocycles. The molecule has 0 saturated carbocycles. The number of aryl methyl sites for hydroxylation is 1. The van der Waals surface area contributed by atoms with Gasteiger partial charge in [0.15, 0.2) is 5.13 Å². The van der Waals surface area contributed by atoms with Crippen molar-refractivity contribution in [3.63, 3.8) is 0 Å². The molecule has 0 saturated heterocycles. The lowest BCUT2D eigenvalue weighted by atomic mass is 10.1. The maximum Gasteiger partial charge on any atom is 0.255 e. The van der Waals surface area contributed by atoms with Gasteiger partial charge in [0.1, 0.15) is 5.25 Å². The SMILES string of the molecule is Cc1ccccc1C(=O)Nc1cccc(SC(C(=O)Nc2nc(-c3ccc4ccccc4c3)cs2)c2ccccc2)c1. The highest BCUT2D eigenvalue weighted by molar-refractivity contribution is 8.00. The molecule has 42 heavy (non-hydrogen) atoms. The Kier molecular flexibility index (Phi) is 8.12. The van der Waals surface area contributed by atoms with Crippen LogP contribution in [0.3, 0.4) is 0 Å². The molecule has 0 radical (unpaired) electrons. The maximum absolute atomic E-state index is 13.7. The Morgan fingerprint density at radius 3 is 2.36 bits per heavy atom. The van der Waals surface area contributed by atoms with Crippen LogP contribution in [0.15, 0.2) is 132 Å². The van der Waals surface area contributed by atoms with Gasteiger partial charge in [-0.05, 0) is 59.2 Å². The van der Waals surface area contributed by atoms with Crippen LogP contribution in [0.2, 0.25) is 0 Å². The summed E-state index contributed by atoms with van der Waals surface area (Å²) in [5.74, 6) is -0.335. The quantitative estimate of drug-likeness (QED) is 0.175. The zero-order valence-corrected chi connectivity index (χ0v) is 24.4. The van der Waals surface area contributed by atoms with E-state index in [9.17, 15) is 9.59 Å². The fourth-order valence-corrected chi connectivity index (χ4v) is 6.50. The summed E-state index contributed by atoms with van der Waals surface area (Å²) in [5.41, 5.74) is 4.91. The van der Waals surface area contributed by atoms with Crippen LogP contribution in [0.5, 0.6) is 0 Å². The molecule has 6 aromatic rings. The number of nitrogens with zero attached hydrogens (tertiary/aromatic N) is 1. The van der Waals surface area contributed by atoms with Crippen LogP contribution in [0.1, 0.15) is 26.7 Å². The van der Waals surface area contributed by atoms with Gasteiger partial charge >= 0.3 is 0 Å². The van der Waals surface area contributed by atoms with Gasteiger partial charge in [-0.25, -0.2) is 4.98 Å². The minimum absolute atomic E-state index is 0.167. The van der Waals surface area contributed by atoms with Crippen molar-refractivity contribution < 1.29 is 9.59 Å². The van der Waals surface area contributed by atoms with Crippen LogP contribution >= 0.6 is 23.1 Å². The molecule has 1 atom stereocenters. The summed E-state index contributed by atoms with van der Waals surface area (Å²) >= 11 is 2.83. The second kappa shape index (κ2) is 12.4. The molecule has 0 fully saturated rings. The van der Waals surface area contributed by atoms with Gasteiger partial charge in [-0.3, -0.25) is 9.59 Å². The van der Waals surface area contributed by atoms with E-state index in [-0.39, 0.29) is 11.8 Å². The number of carbonyl (C=O) groups is 2. The van der Waals surface area contributed by atoms with Crippen LogP contribution in [0, 0.1) is 6.92 Å². The van der Waals surface area contributed by atoms with Crippen molar-refractivity contribution in [3.8, 4) is 11.3 Å². The highest BCUT2D eigenvalue weighted by Gasteiger charge is 2.23. The first-order valence-electron chi connectivity index (χ1n) is 13.5. The van der Waals surface area contributed by atoms with Crippen LogP contribution in [-0.4, -0.2) is 16.8 Å². The average molecular weight is 586 g/mol. The fourth-order valence-electron chi connectivity index (χ4n) is 4.69. The first-order chi connectivity index (χ1) is 20.5. The monoisotopic (exact) mass is 585 g/mol. The number of fused-ring (bicyclic) bond motifs is 1. The topological polar surface area (TPSA) is 71.1 Å². The second-order valence-corrected chi connectivity index (χ2v) is 11.8. The molecule has 6 rings (SSSR count). The number of nitrogens with one attached hydrogen (secondary N) is 2. The third-order valence-electron chi connectivity index (χ3n) is 6.86. The van der Waals surface area contributed by atoms with Gasteiger partial charge < -0.3 is 10.6 Å². The molecule has 0 aliphatic heterocycles. The van der Waals surface area contributed by atoms with Gasteiger partial charge in [0.25, 0.3) is 5.91 Å². The summed E-state index contributed by atoms with van der Waals surface area (Å²) in [7, 11) is 0. The molecular weight excluding hydrogens is 559 g/mol. The number of hydrogen-bond donors (Lipinski definition) is 2. The molecule has 1 aromatic heterocycles. The highest BCUT2D eigenvalue weighted by Crippen LogP contribution is 2.38. The molecule has 2 N–H and O–H groups in total. The third kappa shape index (κ3) is 6.28. The predicted octanol–water partition coefficient (Wildman–Crippen LogP) is 9.00. The Morgan fingerprint density at radius 2 is 1.52 bits per heavy atom. The van der Waals surface area contributed by atoms with Gasteiger partial charge in [-0.2, -0.15) is 0 Å².